The summed E-state index contributed by atoms with van der Waals surface area (Å²) >= 11 is 0. The largest absolute Gasteiger partial charge is 0.490 e. The molecule has 3 rings (SSSR count). The summed E-state index contributed by atoms with van der Waals surface area (Å²) in [5.74, 6) is 1.82. The Hall–Kier alpha value is -4.05. The highest BCUT2D eigenvalue weighted by Crippen LogP contribution is 2.30. The Balaban J connectivity index is 2.00. The summed E-state index contributed by atoms with van der Waals surface area (Å²) in [6, 6.07) is 11.3. The molecule has 1 aliphatic rings. The molecule has 1 saturated heterocycles. The van der Waals surface area contributed by atoms with Crippen molar-refractivity contribution in [3.05, 3.63) is 59.2 Å². The van der Waals surface area contributed by atoms with Crippen LogP contribution in [0.15, 0.2) is 48.0 Å². The maximum atomic E-state index is 13.1. The lowest BCUT2D eigenvalue weighted by Gasteiger charge is -2.28. The number of anilines is 1. The molecule has 0 atom stereocenters. The number of hydrogen-bond donors (Lipinski definition) is 1. The normalized spacial score (nSPS) is 14.9. The average Bonchev–Trinajstić information content (AvgIpc) is 2.76. The van der Waals surface area contributed by atoms with Crippen LogP contribution in [-0.2, 0) is 16.0 Å². The standard InChI is InChI=1S/C24H22N2O5/c1-4-13-31-20-12-11-16(15-21(20)30-6-3)14-18-22(27)25-24(29)26(23(18)28)19-10-8-7-9-17(19)5-2/h1,7-12,14-15H,5-6,13H2,2-3H3,(H,25,27,29)/b18-14-. The van der Waals surface area contributed by atoms with Gasteiger partial charge in [-0.3, -0.25) is 14.9 Å². The van der Waals surface area contributed by atoms with E-state index >= 15 is 0 Å². The van der Waals surface area contributed by atoms with Crippen molar-refractivity contribution < 1.29 is 23.9 Å². The van der Waals surface area contributed by atoms with Gasteiger partial charge in [0.15, 0.2) is 11.5 Å². The molecule has 0 aliphatic carbocycles. The molecule has 1 aliphatic heterocycles. The molecule has 0 unspecified atom stereocenters. The molecule has 7 nitrogen and oxygen atoms in total. The molecule has 0 radical (unpaired) electrons. The molecular formula is C24H22N2O5. The van der Waals surface area contributed by atoms with Crippen molar-refractivity contribution >= 4 is 29.6 Å². The molecule has 2 aromatic carbocycles. The minimum atomic E-state index is -0.777. The van der Waals surface area contributed by atoms with Crippen molar-refractivity contribution in [3.63, 3.8) is 0 Å². The first-order chi connectivity index (χ1) is 15.0. The molecule has 7 heteroatoms. The topological polar surface area (TPSA) is 84.9 Å². The SMILES string of the molecule is C#CCOc1ccc(/C=C2/C(=O)NC(=O)N(c3ccccc3CC)C2=O)cc1OCC. The van der Waals surface area contributed by atoms with Gasteiger partial charge in [0.1, 0.15) is 12.2 Å². The van der Waals surface area contributed by atoms with Crippen LogP contribution in [0.3, 0.4) is 0 Å². The number of imide groups is 2. The van der Waals surface area contributed by atoms with E-state index in [2.05, 4.69) is 11.2 Å². The second kappa shape index (κ2) is 9.63. The van der Waals surface area contributed by atoms with Gasteiger partial charge in [-0.1, -0.05) is 37.1 Å². The van der Waals surface area contributed by atoms with Crippen molar-refractivity contribution in [3.8, 4) is 23.8 Å². The van der Waals surface area contributed by atoms with Crippen LogP contribution in [0.1, 0.15) is 25.0 Å². The fourth-order valence-electron chi connectivity index (χ4n) is 3.19. The minimum Gasteiger partial charge on any atom is -0.490 e. The highest BCUT2D eigenvalue weighted by molar-refractivity contribution is 6.39. The summed E-state index contributed by atoms with van der Waals surface area (Å²) in [4.78, 5) is 39.0. The summed E-state index contributed by atoms with van der Waals surface area (Å²) in [6.45, 7) is 4.21. The predicted octanol–water partition coefficient (Wildman–Crippen LogP) is 3.33. The van der Waals surface area contributed by atoms with E-state index in [9.17, 15) is 14.4 Å². The number of rotatable bonds is 7. The first kappa shape index (κ1) is 21.7. The number of ether oxygens (including phenoxy) is 2. The van der Waals surface area contributed by atoms with Gasteiger partial charge in [0.05, 0.1) is 12.3 Å². The number of terminal acetylenes is 1. The molecule has 1 fully saturated rings. The quantitative estimate of drug-likeness (QED) is 0.424. The molecule has 31 heavy (non-hydrogen) atoms. The van der Waals surface area contributed by atoms with E-state index in [0.717, 1.165) is 10.5 Å². The van der Waals surface area contributed by atoms with E-state index < -0.39 is 17.8 Å². The number of amides is 4. The van der Waals surface area contributed by atoms with Gasteiger partial charge in [0.25, 0.3) is 11.8 Å². The van der Waals surface area contributed by atoms with E-state index in [-0.39, 0.29) is 12.2 Å². The number of hydrogen-bond acceptors (Lipinski definition) is 5. The molecule has 4 amide bonds. The van der Waals surface area contributed by atoms with Gasteiger partial charge in [-0.25, -0.2) is 9.69 Å². The van der Waals surface area contributed by atoms with Gasteiger partial charge in [-0.2, -0.15) is 0 Å². The van der Waals surface area contributed by atoms with Gasteiger partial charge in [-0.15, -0.1) is 6.42 Å². The molecule has 158 valence electrons. The van der Waals surface area contributed by atoms with Gasteiger partial charge < -0.3 is 9.47 Å². The summed E-state index contributed by atoms with van der Waals surface area (Å²) < 4.78 is 11.0. The fourth-order valence-corrected chi connectivity index (χ4v) is 3.19. The average molecular weight is 418 g/mol. The second-order valence-corrected chi connectivity index (χ2v) is 6.57. The zero-order valence-electron chi connectivity index (χ0n) is 17.3. The maximum absolute atomic E-state index is 13.1. The summed E-state index contributed by atoms with van der Waals surface area (Å²) in [7, 11) is 0. The molecule has 0 bridgehead atoms. The lowest BCUT2D eigenvalue weighted by atomic mass is 10.0. The molecule has 2 aromatic rings. The zero-order valence-corrected chi connectivity index (χ0v) is 17.3. The number of nitrogens with one attached hydrogen (secondary N) is 1. The van der Waals surface area contributed by atoms with Crippen LogP contribution < -0.4 is 19.7 Å². The Morgan fingerprint density at radius 3 is 2.55 bits per heavy atom. The van der Waals surface area contributed by atoms with Crippen molar-refractivity contribution in [1.82, 2.24) is 5.32 Å². The van der Waals surface area contributed by atoms with Gasteiger partial charge >= 0.3 is 6.03 Å². The molecule has 0 aromatic heterocycles. The van der Waals surface area contributed by atoms with E-state index in [1.807, 2.05) is 26.0 Å². The Morgan fingerprint density at radius 1 is 1.06 bits per heavy atom. The summed E-state index contributed by atoms with van der Waals surface area (Å²) in [6.07, 6.45) is 7.28. The van der Waals surface area contributed by atoms with Crippen LogP contribution in [0.25, 0.3) is 6.08 Å². The number of barbiturate groups is 1. The van der Waals surface area contributed by atoms with E-state index in [1.54, 1.807) is 30.3 Å². The number of para-hydroxylation sites is 1. The van der Waals surface area contributed by atoms with Gasteiger partial charge in [-0.05, 0) is 48.7 Å². The molecule has 1 N–H and O–H groups in total. The highest BCUT2D eigenvalue weighted by Gasteiger charge is 2.37. The van der Waals surface area contributed by atoms with Crippen LogP contribution in [0, 0.1) is 12.3 Å². The van der Waals surface area contributed by atoms with Crippen molar-refractivity contribution in [1.29, 1.82) is 0 Å². The molecular weight excluding hydrogens is 396 g/mol. The first-order valence-corrected chi connectivity index (χ1v) is 9.82. The smallest absolute Gasteiger partial charge is 0.335 e. The highest BCUT2D eigenvalue weighted by atomic mass is 16.5. The van der Waals surface area contributed by atoms with Crippen LogP contribution in [0.2, 0.25) is 0 Å². The first-order valence-electron chi connectivity index (χ1n) is 9.82. The Morgan fingerprint density at radius 2 is 1.84 bits per heavy atom. The monoisotopic (exact) mass is 418 g/mol. The Labute approximate surface area is 180 Å². The van der Waals surface area contributed by atoms with Crippen molar-refractivity contribution in [2.75, 3.05) is 18.1 Å². The maximum Gasteiger partial charge on any atom is 0.335 e. The number of carbonyl (C=O) groups is 3. The van der Waals surface area contributed by atoms with E-state index in [1.165, 1.54) is 6.08 Å². The lowest BCUT2D eigenvalue weighted by molar-refractivity contribution is -0.122. The van der Waals surface area contributed by atoms with E-state index in [0.29, 0.717) is 35.8 Å². The van der Waals surface area contributed by atoms with Crippen LogP contribution in [0.4, 0.5) is 10.5 Å². The second-order valence-electron chi connectivity index (χ2n) is 6.57. The van der Waals surface area contributed by atoms with E-state index in [4.69, 9.17) is 15.9 Å². The van der Waals surface area contributed by atoms with Gasteiger partial charge in [0, 0.05) is 0 Å². The number of benzene rings is 2. The van der Waals surface area contributed by atoms with Crippen LogP contribution >= 0.6 is 0 Å². The minimum absolute atomic E-state index is 0.0787. The Kier molecular flexibility index (Phi) is 6.73. The molecule has 1 heterocycles. The number of carbonyl (C=O) groups excluding carboxylic acids is 3. The molecule has 0 spiro atoms. The fraction of sp³-hybridized carbons (Fsp3) is 0.208. The van der Waals surface area contributed by atoms with Crippen molar-refractivity contribution in [2.24, 2.45) is 0 Å². The zero-order chi connectivity index (χ0) is 22.4. The Bertz CT molecular complexity index is 1100. The number of urea groups is 1. The van der Waals surface area contributed by atoms with Gasteiger partial charge in [0.2, 0.25) is 0 Å². The van der Waals surface area contributed by atoms with Crippen LogP contribution in [-0.4, -0.2) is 31.1 Å². The molecule has 0 saturated carbocycles. The van der Waals surface area contributed by atoms with Crippen LogP contribution in [0.5, 0.6) is 11.5 Å². The number of aryl methyl sites for hydroxylation is 1. The number of nitrogens with zero attached hydrogens (tertiary/aromatic N) is 1. The lowest BCUT2D eigenvalue weighted by Crippen LogP contribution is -2.54. The summed E-state index contributed by atoms with van der Waals surface area (Å²) in [5.41, 5.74) is 1.63. The third kappa shape index (κ3) is 4.59. The predicted molar refractivity (Wildman–Crippen MR) is 117 cm³/mol. The summed E-state index contributed by atoms with van der Waals surface area (Å²) in [5, 5.41) is 2.24. The third-order valence-electron chi connectivity index (χ3n) is 4.60. The van der Waals surface area contributed by atoms with Crippen molar-refractivity contribution in [2.45, 2.75) is 20.3 Å². The third-order valence-corrected chi connectivity index (χ3v) is 4.60.